The number of amides is 1. The predicted octanol–water partition coefficient (Wildman–Crippen LogP) is 3.50. The standard InChI is InChI=1S/C21H24ClNO4S/c1-2-16-7-9-17(10-8-16)13-23(18-11-12-28(25,26)15-18)21(24)14-27-20-6-4-3-5-19(20)22/h3-10,18H,2,11-15H2,1H3/t18-/m0/s1. The maximum atomic E-state index is 12.9. The lowest BCUT2D eigenvalue weighted by Gasteiger charge is -2.28. The lowest BCUT2D eigenvalue weighted by molar-refractivity contribution is -0.136. The van der Waals surface area contributed by atoms with Crippen LogP contribution >= 0.6 is 11.6 Å². The second-order valence-corrected chi connectivity index (χ2v) is 9.60. The van der Waals surface area contributed by atoms with Crippen LogP contribution in [0.25, 0.3) is 0 Å². The molecular formula is C21H24ClNO4S. The molecule has 0 aromatic heterocycles. The number of halogens is 1. The highest BCUT2D eigenvalue weighted by Gasteiger charge is 2.34. The second-order valence-electron chi connectivity index (χ2n) is 6.97. The van der Waals surface area contributed by atoms with Gasteiger partial charge in [-0.3, -0.25) is 4.79 Å². The summed E-state index contributed by atoms with van der Waals surface area (Å²) in [6.45, 7) is 2.25. The van der Waals surface area contributed by atoms with Gasteiger partial charge >= 0.3 is 0 Å². The van der Waals surface area contributed by atoms with E-state index in [9.17, 15) is 13.2 Å². The molecule has 2 aromatic rings. The average Bonchev–Trinajstić information content (AvgIpc) is 3.05. The molecule has 1 saturated heterocycles. The molecule has 0 spiro atoms. The number of carbonyl (C=O) groups is 1. The van der Waals surface area contributed by atoms with E-state index in [4.69, 9.17) is 16.3 Å². The van der Waals surface area contributed by atoms with Crippen molar-refractivity contribution in [3.63, 3.8) is 0 Å². The Hall–Kier alpha value is -2.05. The van der Waals surface area contributed by atoms with Crippen molar-refractivity contribution in [2.24, 2.45) is 0 Å². The summed E-state index contributed by atoms with van der Waals surface area (Å²) in [7, 11) is -3.11. The van der Waals surface area contributed by atoms with Gasteiger partial charge in [0, 0.05) is 12.6 Å². The smallest absolute Gasteiger partial charge is 0.261 e. The number of aryl methyl sites for hydroxylation is 1. The minimum Gasteiger partial charge on any atom is -0.482 e. The van der Waals surface area contributed by atoms with Crippen LogP contribution in [-0.2, 0) is 27.6 Å². The number of rotatable bonds is 7. The molecule has 0 bridgehead atoms. The Labute approximate surface area is 171 Å². The monoisotopic (exact) mass is 421 g/mol. The third-order valence-electron chi connectivity index (χ3n) is 4.94. The summed E-state index contributed by atoms with van der Waals surface area (Å²) in [5.74, 6) is 0.296. The highest BCUT2D eigenvalue weighted by molar-refractivity contribution is 7.91. The van der Waals surface area contributed by atoms with Gasteiger partial charge in [0.1, 0.15) is 5.75 Å². The zero-order valence-corrected chi connectivity index (χ0v) is 17.4. The van der Waals surface area contributed by atoms with Crippen LogP contribution in [0.5, 0.6) is 5.75 Å². The number of hydrogen-bond acceptors (Lipinski definition) is 4. The van der Waals surface area contributed by atoms with Crippen LogP contribution in [0.2, 0.25) is 5.02 Å². The van der Waals surface area contributed by atoms with E-state index in [0.717, 1.165) is 12.0 Å². The highest BCUT2D eigenvalue weighted by atomic mass is 35.5. The number of nitrogens with zero attached hydrogens (tertiary/aromatic N) is 1. The van der Waals surface area contributed by atoms with E-state index in [2.05, 4.69) is 6.92 Å². The Morgan fingerprint density at radius 1 is 1.14 bits per heavy atom. The van der Waals surface area contributed by atoms with Gasteiger partial charge < -0.3 is 9.64 Å². The van der Waals surface area contributed by atoms with Gasteiger partial charge in [-0.15, -0.1) is 0 Å². The molecule has 0 unspecified atom stereocenters. The van der Waals surface area contributed by atoms with Crippen LogP contribution < -0.4 is 4.74 Å². The van der Waals surface area contributed by atoms with Gasteiger partial charge in [0.2, 0.25) is 0 Å². The molecule has 0 aliphatic carbocycles. The Bertz CT molecular complexity index is 928. The van der Waals surface area contributed by atoms with Crippen LogP contribution in [0.3, 0.4) is 0 Å². The summed E-state index contributed by atoms with van der Waals surface area (Å²) < 4.78 is 29.5. The van der Waals surface area contributed by atoms with Crippen molar-refractivity contribution in [2.75, 3.05) is 18.1 Å². The Morgan fingerprint density at radius 3 is 2.43 bits per heavy atom. The van der Waals surface area contributed by atoms with Gasteiger partial charge in [0.15, 0.2) is 16.4 Å². The van der Waals surface area contributed by atoms with Gasteiger partial charge in [0.05, 0.1) is 16.5 Å². The number of ether oxygens (including phenoxy) is 1. The van der Waals surface area contributed by atoms with Crippen molar-refractivity contribution in [3.05, 3.63) is 64.7 Å². The molecule has 1 amide bonds. The van der Waals surface area contributed by atoms with E-state index in [1.807, 2.05) is 24.3 Å². The minimum absolute atomic E-state index is 0.00211. The predicted molar refractivity (Wildman–Crippen MR) is 110 cm³/mol. The van der Waals surface area contributed by atoms with Crippen molar-refractivity contribution < 1.29 is 17.9 Å². The molecular weight excluding hydrogens is 398 g/mol. The summed E-state index contributed by atoms with van der Waals surface area (Å²) in [5.41, 5.74) is 2.18. The van der Waals surface area contributed by atoms with Gasteiger partial charge in [-0.25, -0.2) is 8.42 Å². The first kappa shape index (κ1) is 20.7. The number of benzene rings is 2. The zero-order valence-electron chi connectivity index (χ0n) is 15.8. The zero-order chi connectivity index (χ0) is 20.1. The van der Waals surface area contributed by atoms with Crippen LogP contribution in [-0.4, -0.2) is 43.4 Å². The molecule has 28 heavy (non-hydrogen) atoms. The summed E-state index contributed by atoms with van der Waals surface area (Å²) in [6.07, 6.45) is 1.39. The van der Waals surface area contributed by atoms with Crippen LogP contribution in [0.15, 0.2) is 48.5 Å². The molecule has 1 fully saturated rings. The number of hydrogen-bond donors (Lipinski definition) is 0. The van der Waals surface area contributed by atoms with Crippen LogP contribution in [0.1, 0.15) is 24.5 Å². The first-order chi connectivity index (χ1) is 13.4. The minimum atomic E-state index is -3.11. The first-order valence-corrected chi connectivity index (χ1v) is 11.5. The van der Waals surface area contributed by atoms with Crippen LogP contribution in [0.4, 0.5) is 0 Å². The molecule has 0 radical (unpaired) electrons. The molecule has 0 N–H and O–H groups in total. The molecule has 1 aliphatic rings. The fourth-order valence-electron chi connectivity index (χ4n) is 3.30. The van der Waals surface area contributed by atoms with E-state index in [1.54, 1.807) is 29.2 Å². The van der Waals surface area contributed by atoms with Gasteiger partial charge in [0.25, 0.3) is 5.91 Å². The largest absolute Gasteiger partial charge is 0.482 e. The van der Waals surface area contributed by atoms with Gasteiger partial charge in [-0.2, -0.15) is 0 Å². The van der Waals surface area contributed by atoms with E-state index in [0.29, 0.717) is 23.7 Å². The summed E-state index contributed by atoms with van der Waals surface area (Å²) in [4.78, 5) is 14.5. The Balaban J connectivity index is 1.74. The molecule has 1 aliphatic heterocycles. The van der Waals surface area contributed by atoms with Crippen molar-refractivity contribution in [1.82, 2.24) is 4.90 Å². The molecule has 1 heterocycles. The lowest BCUT2D eigenvalue weighted by atomic mass is 10.1. The number of carbonyl (C=O) groups excluding carboxylic acids is 1. The van der Waals surface area contributed by atoms with E-state index in [1.165, 1.54) is 5.56 Å². The van der Waals surface area contributed by atoms with Gasteiger partial charge in [-0.1, -0.05) is 54.9 Å². The maximum Gasteiger partial charge on any atom is 0.261 e. The third-order valence-corrected chi connectivity index (χ3v) is 7.00. The summed E-state index contributed by atoms with van der Waals surface area (Å²) in [5, 5.41) is 0.431. The van der Waals surface area contributed by atoms with Gasteiger partial charge in [-0.05, 0) is 36.1 Å². The Kier molecular flexibility index (Phi) is 6.62. The lowest BCUT2D eigenvalue weighted by Crippen LogP contribution is -2.43. The average molecular weight is 422 g/mol. The molecule has 0 saturated carbocycles. The Morgan fingerprint density at radius 2 is 1.82 bits per heavy atom. The molecule has 150 valence electrons. The fourth-order valence-corrected chi connectivity index (χ4v) is 5.22. The van der Waals surface area contributed by atoms with Crippen molar-refractivity contribution in [1.29, 1.82) is 0 Å². The van der Waals surface area contributed by atoms with Crippen molar-refractivity contribution in [2.45, 2.75) is 32.4 Å². The second kappa shape index (κ2) is 8.97. The van der Waals surface area contributed by atoms with Crippen molar-refractivity contribution >= 4 is 27.3 Å². The molecule has 7 heteroatoms. The first-order valence-electron chi connectivity index (χ1n) is 9.33. The maximum absolute atomic E-state index is 12.9. The highest BCUT2D eigenvalue weighted by Crippen LogP contribution is 2.24. The molecule has 2 aromatic carbocycles. The topological polar surface area (TPSA) is 63.7 Å². The molecule has 1 atom stereocenters. The van der Waals surface area contributed by atoms with Crippen molar-refractivity contribution in [3.8, 4) is 5.75 Å². The number of sulfone groups is 1. The quantitative estimate of drug-likeness (QED) is 0.686. The molecule has 5 nitrogen and oxygen atoms in total. The SMILES string of the molecule is CCc1ccc(CN(C(=O)COc2ccccc2Cl)[C@H]2CCS(=O)(=O)C2)cc1. The van der Waals surface area contributed by atoms with E-state index in [-0.39, 0.29) is 30.1 Å². The number of para-hydroxylation sites is 1. The third kappa shape index (κ3) is 5.26. The summed E-state index contributed by atoms with van der Waals surface area (Å²) in [6, 6.07) is 14.6. The van der Waals surface area contributed by atoms with E-state index >= 15 is 0 Å². The normalized spacial score (nSPS) is 18.0. The van der Waals surface area contributed by atoms with E-state index < -0.39 is 9.84 Å². The molecule has 3 rings (SSSR count). The summed E-state index contributed by atoms with van der Waals surface area (Å²) >= 11 is 6.08. The fraction of sp³-hybridized carbons (Fsp3) is 0.381. The van der Waals surface area contributed by atoms with Crippen LogP contribution in [0, 0.1) is 0 Å².